The van der Waals surface area contributed by atoms with Crippen molar-refractivity contribution in [3.8, 4) is 0 Å². The Kier molecular flexibility index (Phi) is 5.24. The maximum absolute atomic E-state index is 12.3. The van der Waals surface area contributed by atoms with E-state index in [-0.39, 0.29) is 15.8 Å². The number of amides is 1. The Morgan fingerprint density at radius 2 is 1.65 bits per heavy atom. The number of aromatic amines is 1. The number of hydrogen-bond acceptors (Lipinski definition) is 3. The third-order valence-electron chi connectivity index (χ3n) is 3.32. The molecular formula is C15H14Cl3N3O2. The lowest BCUT2D eigenvalue weighted by Crippen LogP contribution is -2.30. The molecule has 8 heteroatoms. The van der Waals surface area contributed by atoms with Gasteiger partial charge in [-0.25, -0.2) is 0 Å². The van der Waals surface area contributed by atoms with Crippen LogP contribution in [0.2, 0.25) is 15.1 Å². The molecule has 23 heavy (non-hydrogen) atoms. The van der Waals surface area contributed by atoms with Gasteiger partial charge in [-0.05, 0) is 38.5 Å². The number of hydrogen-bond donors (Lipinski definition) is 3. The fraction of sp³-hybridized carbons (Fsp3) is 0.200. The lowest BCUT2D eigenvalue weighted by atomic mass is 10.1. The van der Waals surface area contributed by atoms with Crippen LogP contribution in [-0.2, 0) is 0 Å². The zero-order valence-electron chi connectivity index (χ0n) is 12.6. The van der Waals surface area contributed by atoms with Gasteiger partial charge in [-0.1, -0.05) is 34.8 Å². The fourth-order valence-electron chi connectivity index (χ4n) is 2.35. The Morgan fingerprint density at radius 1 is 1.09 bits per heavy atom. The molecule has 2 aromatic rings. The first kappa shape index (κ1) is 17.7. The number of carbonyl (C=O) groups is 2. The van der Waals surface area contributed by atoms with Crippen LogP contribution < -0.4 is 10.9 Å². The number of H-pyrrole nitrogens is 1. The molecule has 0 saturated heterocycles. The Morgan fingerprint density at radius 3 is 2.13 bits per heavy atom. The highest BCUT2D eigenvalue weighted by Gasteiger charge is 2.20. The van der Waals surface area contributed by atoms with Crippen molar-refractivity contribution in [2.24, 2.45) is 0 Å². The van der Waals surface area contributed by atoms with E-state index in [2.05, 4.69) is 15.8 Å². The molecule has 2 rings (SSSR count). The number of ketones is 1. The molecule has 0 aliphatic heterocycles. The molecule has 3 N–H and O–H groups in total. The summed E-state index contributed by atoms with van der Waals surface area (Å²) in [6.45, 7) is 4.90. The van der Waals surface area contributed by atoms with Gasteiger partial charge in [0.05, 0.1) is 15.7 Å². The number of rotatable bonds is 4. The van der Waals surface area contributed by atoms with Crippen molar-refractivity contribution in [3.63, 3.8) is 0 Å². The standard InChI is InChI=1S/C15H14Cl3N3O2/c1-6-12(8(3)22)7(2)19-13(6)15(23)21-20-14-10(17)4-9(16)5-11(14)18/h4-5,19-20H,1-3H3,(H,21,23). The summed E-state index contributed by atoms with van der Waals surface area (Å²) in [4.78, 5) is 26.8. The molecule has 0 aliphatic carbocycles. The van der Waals surface area contributed by atoms with Gasteiger partial charge >= 0.3 is 0 Å². The van der Waals surface area contributed by atoms with Crippen LogP contribution in [0.15, 0.2) is 12.1 Å². The van der Waals surface area contributed by atoms with Gasteiger partial charge in [0.25, 0.3) is 5.91 Å². The lowest BCUT2D eigenvalue weighted by molar-refractivity contribution is 0.0957. The van der Waals surface area contributed by atoms with E-state index in [4.69, 9.17) is 34.8 Å². The number of halogens is 3. The van der Waals surface area contributed by atoms with Gasteiger partial charge in [-0.2, -0.15) is 0 Å². The fourth-order valence-corrected chi connectivity index (χ4v) is 3.26. The largest absolute Gasteiger partial charge is 0.354 e. The second-order valence-electron chi connectivity index (χ2n) is 5.00. The van der Waals surface area contributed by atoms with Crippen LogP contribution >= 0.6 is 34.8 Å². The number of anilines is 1. The Balaban J connectivity index is 2.21. The smallest absolute Gasteiger partial charge is 0.286 e. The van der Waals surface area contributed by atoms with Crippen molar-refractivity contribution in [1.29, 1.82) is 0 Å². The maximum atomic E-state index is 12.3. The summed E-state index contributed by atoms with van der Waals surface area (Å²) in [7, 11) is 0. The summed E-state index contributed by atoms with van der Waals surface area (Å²) < 4.78 is 0. The summed E-state index contributed by atoms with van der Waals surface area (Å²) in [5, 5.41) is 0.928. The van der Waals surface area contributed by atoms with Crippen LogP contribution in [0.1, 0.15) is 39.0 Å². The van der Waals surface area contributed by atoms with Crippen molar-refractivity contribution < 1.29 is 9.59 Å². The first-order chi connectivity index (χ1) is 10.7. The minimum atomic E-state index is -0.444. The zero-order valence-corrected chi connectivity index (χ0v) is 14.9. The van der Waals surface area contributed by atoms with E-state index in [0.29, 0.717) is 33.2 Å². The number of carbonyl (C=O) groups excluding carboxylic acids is 2. The van der Waals surface area contributed by atoms with Gasteiger partial charge in [0, 0.05) is 16.3 Å². The van der Waals surface area contributed by atoms with Crippen LogP contribution in [-0.4, -0.2) is 16.7 Å². The zero-order chi connectivity index (χ0) is 17.3. The van der Waals surface area contributed by atoms with E-state index in [1.165, 1.54) is 19.1 Å². The summed E-state index contributed by atoms with van der Waals surface area (Å²) >= 11 is 17.9. The van der Waals surface area contributed by atoms with Crippen LogP contribution in [0.4, 0.5) is 5.69 Å². The predicted molar refractivity (Wildman–Crippen MR) is 92.8 cm³/mol. The normalized spacial score (nSPS) is 10.5. The molecule has 1 aromatic carbocycles. The SMILES string of the molecule is CC(=O)c1c(C)[nH]c(C(=O)NNc2c(Cl)cc(Cl)cc2Cl)c1C. The number of Topliss-reactive ketones (excluding diaryl/α,β-unsaturated/α-hetero) is 1. The first-order valence-corrected chi connectivity index (χ1v) is 7.76. The first-order valence-electron chi connectivity index (χ1n) is 6.63. The van der Waals surface area contributed by atoms with E-state index in [0.717, 1.165) is 0 Å². The quantitative estimate of drug-likeness (QED) is 0.543. The van der Waals surface area contributed by atoms with Crippen molar-refractivity contribution in [3.05, 3.63) is 49.7 Å². The monoisotopic (exact) mass is 373 g/mol. The number of aromatic nitrogens is 1. The van der Waals surface area contributed by atoms with Crippen molar-refractivity contribution in [2.45, 2.75) is 20.8 Å². The van der Waals surface area contributed by atoms with E-state index in [1.54, 1.807) is 13.8 Å². The molecule has 0 fully saturated rings. The molecule has 0 radical (unpaired) electrons. The van der Waals surface area contributed by atoms with Gasteiger partial charge in [-0.15, -0.1) is 0 Å². The van der Waals surface area contributed by atoms with E-state index in [9.17, 15) is 9.59 Å². The topological polar surface area (TPSA) is 74.0 Å². The summed E-state index contributed by atoms with van der Waals surface area (Å²) in [5.41, 5.74) is 7.52. The second-order valence-corrected chi connectivity index (χ2v) is 6.26. The van der Waals surface area contributed by atoms with E-state index < -0.39 is 5.91 Å². The highest BCUT2D eigenvalue weighted by molar-refractivity contribution is 6.41. The highest BCUT2D eigenvalue weighted by atomic mass is 35.5. The number of hydrazine groups is 1. The molecule has 0 bridgehead atoms. The van der Waals surface area contributed by atoms with Crippen LogP contribution in [0.3, 0.4) is 0 Å². The minimum Gasteiger partial charge on any atom is -0.354 e. The van der Waals surface area contributed by atoms with Gasteiger partial charge in [0.15, 0.2) is 5.78 Å². The molecule has 5 nitrogen and oxygen atoms in total. The van der Waals surface area contributed by atoms with Crippen LogP contribution in [0.5, 0.6) is 0 Å². The summed E-state index contributed by atoms with van der Waals surface area (Å²) in [5.74, 6) is -0.549. The number of benzene rings is 1. The average molecular weight is 375 g/mol. The molecule has 0 unspecified atom stereocenters. The molecule has 1 heterocycles. The molecule has 1 aromatic heterocycles. The molecule has 1 amide bonds. The second kappa shape index (κ2) is 6.83. The lowest BCUT2D eigenvalue weighted by Gasteiger charge is -2.12. The third kappa shape index (κ3) is 3.63. The Labute approximate surface area is 148 Å². The molecule has 122 valence electrons. The van der Waals surface area contributed by atoms with E-state index >= 15 is 0 Å². The Hall–Kier alpha value is -1.69. The predicted octanol–water partition coefficient (Wildman–Crippen LogP) is 4.55. The summed E-state index contributed by atoms with van der Waals surface area (Å²) in [6, 6.07) is 3.00. The van der Waals surface area contributed by atoms with Crippen LogP contribution in [0.25, 0.3) is 0 Å². The van der Waals surface area contributed by atoms with Crippen molar-refractivity contribution in [1.82, 2.24) is 10.4 Å². The third-order valence-corrected chi connectivity index (χ3v) is 4.14. The molecule has 0 aliphatic rings. The molecule has 0 spiro atoms. The van der Waals surface area contributed by atoms with Gasteiger partial charge in [-0.3, -0.25) is 20.4 Å². The summed E-state index contributed by atoms with van der Waals surface area (Å²) in [6.07, 6.45) is 0. The van der Waals surface area contributed by atoms with Crippen molar-refractivity contribution in [2.75, 3.05) is 5.43 Å². The molecule has 0 saturated carbocycles. The maximum Gasteiger partial charge on any atom is 0.286 e. The number of aryl methyl sites for hydroxylation is 1. The highest BCUT2D eigenvalue weighted by Crippen LogP contribution is 2.33. The Bertz CT molecular complexity index is 777. The minimum absolute atomic E-state index is 0.105. The molecule has 0 atom stereocenters. The van der Waals surface area contributed by atoms with Gasteiger partial charge in [0.1, 0.15) is 5.69 Å². The number of nitrogens with one attached hydrogen (secondary N) is 3. The van der Waals surface area contributed by atoms with Crippen molar-refractivity contribution >= 4 is 52.2 Å². The van der Waals surface area contributed by atoms with Crippen LogP contribution in [0, 0.1) is 13.8 Å². The average Bonchev–Trinajstić information content (AvgIpc) is 2.72. The van der Waals surface area contributed by atoms with Gasteiger partial charge in [0.2, 0.25) is 0 Å². The van der Waals surface area contributed by atoms with E-state index in [1.807, 2.05) is 0 Å². The molecular weight excluding hydrogens is 361 g/mol. The van der Waals surface area contributed by atoms with Gasteiger partial charge < -0.3 is 4.98 Å².